The first-order valence-electron chi connectivity index (χ1n) is 8.42. The van der Waals surface area contributed by atoms with Crippen LogP contribution in [-0.4, -0.2) is 61.4 Å². The molecule has 0 radical (unpaired) electrons. The van der Waals surface area contributed by atoms with Gasteiger partial charge in [-0.3, -0.25) is 9.78 Å². The molecule has 26 heavy (non-hydrogen) atoms. The molecule has 2 aliphatic heterocycles. The molecule has 3 heterocycles. The first kappa shape index (κ1) is 16.6. The number of carbonyl (C=O) groups excluding carboxylic acids is 1. The maximum absolute atomic E-state index is 12.9. The molecule has 1 aromatic heterocycles. The standard InChI is InChI=1S/C18H20N4O4/c1-21(2)17-16(19-5-6-20-17)15-10-22(7-8-24-15)18(23)12-3-4-13-14(9-12)26-11-25-13/h3-6,9,15H,7-8,10-11H2,1-2H3. The van der Waals surface area contributed by atoms with Gasteiger partial charge >= 0.3 is 0 Å². The lowest BCUT2D eigenvalue weighted by Gasteiger charge is -2.33. The highest BCUT2D eigenvalue weighted by Gasteiger charge is 2.30. The first-order valence-corrected chi connectivity index (χ1v) is 8.42. The van der Waals surface area contributed by atoms with Crippen LogP contribution < -0.4 is 14.4 Å². The van der Waals surface area contributed by atoms with Gasteiger partial charge in [0.1, 0.15) is 11.8 Å². The summed E-state index contributed by atoms with van der Waals surface area (Å²) in [6.07, 6.45) is 2.98. The van der Waals surface area contributed by atoms with Gasteiger partial charge in [0.15, 0.2) is 17.3 Å². The largest absolute Gasteiger partial charge is 0.454 e. The number of nitrogens with zero attached hydrogens (tertiary/aromatic N) is 4. The van der Waals surface area contributed by atoms with Gasteiger partial charge in [0, 0.05) is 38.6 Å². The van der Waals surface area contributed by atoms with Crippen LogP contribution in [0.4, 0.5) is 5.82 Å². The smallest absolute Gasteiger partial charge is 0.254 e. The van der Waals surface area contributed by atoms with Gasteiger partial charge in [0.2, 0.25) is 6.79 Å². The molecule has 2 aromatic rings. The van der Waals surface area contributed by atoms with Crippen molar-refractivity contribution in [3.05, 3.63) is 41.9 Å². The van der Waals surface area contributed by atoms with Gasteiger partial charge in [0.25, 0.3) is 5.91 Å². The molecule has 1 unspecified atom stereocenters. The number of benzene rings is 1. The Kier molecular flexibility index (Phi) is 4.34. The number of fused-ring (bicyclic) bond motifs is 1. The van der Waals surface area contributed by atoms with Crippen molar-refractivity contribution >= 4 is 11.7 Å². The summed E-state index contributed by atoms with van der Waals surface area (Å²) in [6, 6.07) is 5.25. The summed E-state index contributed by atoms with van der Waals surface area (Å²) in [5.74, 6) is 1.95. The Hall–Kier alpha value is -2.87. The Bertz CT molecular complexity index is 827. The molecule has 0 aliphatic carbocycles. The van der Waals surface area contributed by atoms with Crippen molar-refractivity contribution in [3.8, 4) is 11.5 Å². The minimum Gasteiger partial charge on any atom is -0.454 e. The van der Waals surface area contributed by atoms with Crippen LogP contribution in [0.3, 0.4) is 0 Å². The summed E-state index contributed by atoms with van der Waals surface area (Å²) in [7, 11) is 3.82. The SMILES string of the molecule is CN(C)c1nccnc1C1CN(C(=O)c2ccc3c(c2)OCO3)CCO1. The van der Waals surface area contributed by atoms with E-state index < -0.39 is 0 Å². The lowest BCUT2D eigenvalue weighted by Crippen LogP contribution is -2.42. The van der Waals surface area contributed by atoms with Crippen molar-refractivity contribution < 1.29 is 19.0 Å². The van der Waals surface area contributed by atoms with Crippen molar-refractivity contribution in [2.45, 2.75) is 6.10 Å². The van der Waals surface area contributed by atoms with Crippen LogP contribution in [0.1, 0.15) is 22.2 Å². The summed E-state index contributed by atoms with van der Waals surface area (Å²) in [6.45, 7) is 1.59. The van der Waals surface area contributed by atoms with E-state index >= 15 is 0 Å². The van der Waals surface area contributed by atoms with E-state index in [1.807, 2.05) is 19.0 Å². The van der Waals surface area contributed by atoms with Gasteiger partial charge in [0.05, 0.1) is 13.2 Å². The highest BCUT2D eigenvalue weighted by atomic mass is 16.7. The van der Waals surface area contributed by atoms with E-state index in [1.165, 1.54) is 0 Å². The zero-order valence-corrected chi connectivity index (χ0v) is 14.7. The maximum atomic E-state index is 12.9. The second kappa shape index (κ2) is 6.80. The summed E-state index contributed by atoms with van der Waals surface area (Å²) < 4.78 is 16.5. The highest BCUT2D eigenvalue weighted by molar-refractivity contribution is 5.95. The third kappa shape index (κ3) is 3.03. The van der Waals surface area contributed by atoms with E-state index in [0.717, 1.165) is 11.5 Å². The van der Waals surface area contributed by atoms with Crippen LogP contribution >= 0.6 is 0 Å². The first-order chi connectivity index (χ1) is 12.6. The van der Waals surface area contributed by atoms with E-state index in [9.17, 15) is 4.79 Å². The fraction of sp³-hybridized carbons (Fsp3) is 0.389. The van der Waals surface area contributed by atoms with Gasteiger partial charge < -0.3 is 24.0 Å². The van der Waals surface area contributed by atoms with Crippen molar-refractivity contribution in [1.29, 1.82) is 0 Å². The molecule has 1 saturated heterocycles. The quantitative estimate of drug-likeness (QED) is 0.824. The molecule has 1 amide bonds. The van der Waals surface area contributed by atoms with E-state index in [1.54, 1.807) is 35.5 Å². The van der Waals surface area contributed by atoms with Gasteiger partial charge in [-0.15, -0.1) is 0 Å². The van der Waals surface area contributed by atoms with Crippen LogP contribution in [0.2, 0.25) is 0 Å². The molecule has 8 heteroatoms. The molecule has 0 spiro atoms. The Labute approximate surface area is 151 Å². The lowest BCUT2D eigenvalue weighted by atomic mass is 10.1. The van der Waals surface area contributed by atoms with E-state index in [-0.39, 0.29) is 18.8 Å². The fourth-order valence-electron chi connectivity index (χ4n) is 3.12. The number of amides is 1. The summed E-state index contributed by atoms with van der Waals surface area (Å²) in [5, 5.41) is 0. The van der Waals surface area contributed by atoms with Crippen molar-refractivity contribution in [2.24, 2.45) is 0 Å². The molecule has 1 fully saturated rings. The Morgan fingerprint density at radius 1 is 1.19 bits per heavy atom. The van der Waals surface area contributed by atoms with Crippen LogP contribution in [-0.2, 0) is 4.74 Å². The Morgan fingerprint density at radius 3 is 2.85 bits per heavy atom. The molecule has 136 valence electrons. The topological polar surface area (TPSA) is 77.0 Å². The fourth-order valence-corrected chi connectivity index (χ4v) is 3.12. The highest BCUT2D eigenvalue weighted by Crippen LogP contribution is 2.33. The molecule has 8 nitrogen and oxygen atoms in total. The molecule has 0 saturated carbocycles. The van der Waals surface area contributed by atoms with Crippen LogP contribution in [0.15, 0.2) is 30.6 Å². The molecule has 1 aromatic carbocycles. The second-order valence-corrected chi connectivity index (χ2v) is 6.34. The van der Waals surface area contributed by atoms with Crippen molar-refractivity contribution in [3.63, 3.8) is 0 Å². The van der Waals surface area contributed by atoms with Gasteiger partial charge in [-0.05, 0) is 18.2 Å². The minimum atomic E-state index is -0.312. The maximum Gasteiger partial charge on any atom is 0.254 e. The van der Waals surface area contributed by atoms with Crippen molar-refractivity contribution in [1.82, 2.24) is 14.9 Å². The zero-order valence-electron chi connectivity index (χ0n) is 14.7. The molecule has 0 N–H and O–H groups in total. The lowest BCUT2D eigenvalue weighted by molar-refractivity contribution is -0.0246. The van der Waals surface area contributed by atoms with Gasteiger partial charge in [-0.2, -0.15) is 0 Å². The van der Waals surface area contributed by atoms with Crippen LogP contribution in [0, 0.1) is 0 Å². The predicted molar refractivity (Wildman–Crippen MR) is 93.5 cm³/mol. The summed E-state index contributed by atoms with van der Waals surface area (Å²) in [4.78, 5) is 25.4. The molecule has 4 rings (SSSR count). The number of carbonyl (C=O) groups is 1. The minimum absolute atomic E-state index is 0.0631. The number of hydrogen-bond donors (Lipinski definition) is 0. The predicted octanol–water partition coefficient (Wildman–Crippen LogP) is 1.48. The molecular weight excluding hydrogens is 336 g/mol. The Balaban J connectivity index is 1.55. The zero-order chi connectivity index (χ0) is 18.1. The number of aromatic nitrogens is 2. The van der Waals surface area contributed by atoms with E-state index in [4.69, 9.17) is 14.2 Å². The van der Waals surface area contributed by atoms with Gasteiger partial charge in [-0.25, -0.2) is 4.98 Å². The molecule has 2 aliphatic rings. The number of anilines is 1. The number of rotatable bonds is 3. The molecule has 1 atom stereocenters. The van der Waals surface area contributed by atoms with Crippen LogP contribution in [0.5, 0.6) is 11.5 Å². The average Bonchev–Trinajstić information content (AvgIpc) is 3.15. The normalized spacial score (nSPS) is 18.7. The number of ether oxygens (including phenoxy) is 3. The molecular formula is C18H20N4O4. The monoisotopic (exact) mass is 356 g/mol. The average molecular weight is 356 g/mol. The number of morpholine rings is 1. The second-order valence-electron chi connectivity index (χ2n) is 6.34. The molecule has 0 bridgehead atoms. The van der Waals surface area contributed by atoms with Gasteiger partial charge in [-0.1, -0.05) is 0 Å². The number of hydrogen-bond acceptors (Lipinski definition) is 7. The van der Waals surface area contributed by atoms with E-state index in [0.29, 0.717) is 36.8 Å². The van der Waals surface area contributed by atoms with Crippen molar-refractivity contribution in [2.75, 3.05) is 45.5 Å². The Morgan fingerprint density at radius 2 is 2.00 bits per heavy atom. The van der Waals surface area contributed by atoms with Crippen LogP contribution in [0.25, 0.3) is 0 Å². The van der Waals surface area contributed by atoms with E-state index in [2.05, 4.69) is 9.97 Å². The summed E-state index contributed by atoms with van der Waals surface area (Å²) >= 11 is 0. The third-order valence-corrected chi connectivity index (χ3v) is 4.41. The summed E-state index contributed by atoms with van der Waals surface area (Å²) in [5.41, 5.74) is 1.31. The third-order valence-electron chi connectivity index (χ3n) is 4.41.